The van der Waals surface area contributed by atoms with E-state index in [-0.39, 0.29) is 35.5 Å². The van der Waals surface area contributed by atoms with Gasteiger partial charge in [0.25, 0.3) is 5.82 Å². The van der Waals surface area contributed by atoms with Gasteiger partial charge >= 0.3 is 5.69 Å². The molecule has 184 valence electrons. The van der Waals surface area contributed by atoms with Gasteiger partial charge in [0.1, 0.15) is 5.82 Å². The Morgan fingerprint density at radius 3 is 2.51 bits per heavy atom. The highest BCUT2D eigenvalue weighted by atomic mass is 35.5. The maximum Gasteiger partial charge on any atom is 0.350 e. The van der Waals surface area contributed by atoms with Gasteiger partial charge < -0.3 is 9.74 Å². The fourth-order valence-electron chi connectivity index (χ4n) is 5.19. The molecule has 0 amide bonds. The molecule has 35 heavy (non-hydrogen) atoms. The van der Waals surface area contributed by atoms with Crippen molar-refractivity contribution in [2.24, 2.45) is 7.05 Å². The number of fused-ring (bicyclic) bond motifs is 1. The molecule has 0 aliphatic carbocycles. The van der Waals surface area contributed by atoms with Crippen LogP contribution >= 0.6 is 11.6 Å². The average molecular weight is 497 g/mol. The standard InChI is InChI=1S/C26H30ClFN6O/c1-6-17-15-34(25-24-22(32(5)26(35)31-25)11-12-23(29-4)30-24)18(7-2)14-33(17)21(8-3)19-10-9-16(27)13-20(19)28/h9-13,17-18,21H,6-8,14-15H2,1-3,5H3/t17-,18+,21?/m1/s1. The van der Waals surface area contributed by atoms with Crippen LogP contribution in [0.1, 0.15) is 51.6 Å². The number of nitrogens with zero attached hydrogens (tertiary/aromatic N) is 6. The zero-order chi connectivity index (χ0) is 25.3. The van der Waals surface area contributed by atoms with Crippen LogP contribution in [0.4, 0.5) is 16.0 Å². The number of benzene rings is 1. The van der Waals surface area contributed by atoms with E-state index in [1.54, 1.807) is 31.3 Å². The van der Waals surface area contributed by atoms with Crippen molar-refractivity contribution in [2.75, 3.05) is 18.0 Å². The molecule has 1 unspecified atom stereocenters. The third-order valence-corrected chi connectivity index (χ3v) is 7.33. The van der Waals surface area contributed by atoms with Crippen LogP contribution in [0, 0.1) is 12.4 Å². The van der Waals surface area contributed by atoms with E-state index >= 15 is 0 Å². The average Bonchev–Trinajstić information content (AvgIpc) is 2.87. The fourth-order valence-corrected chi connectivity index (χ4v) is 5.35. The molecule has 7 nitrogen and oxygen atoms in total. The van der Waals surface area contributed by atoms with Gasteiger partial charge in [-0.15, -0.1) is 4.98 Å². The second-order valence-electron chi connectivity index (χ2n) is 8.99. The monoisotopic (exact) mass is 496 g/mol. The summed E-state index contributed by atoms with van der Waals surface area (Å²) >= 11 is 6.01. The first-order valence-electron chi connectivity index (χ1n) is 12.0. The van der Waals surface area contributed by atoms with E-state index in [9.17, 15) is 9.18 Å². The Balaban J connectivity index is 1.78. The van der Waals surface area contributed by atoms with Crippen molar-refractivity contribution in [1.82, 2.24) is 19.4 Å². The smallest absolute Gasteiger partial charge is 0.350 e. The normalized spacial score (nSPS) is 19.6. The second-order valence-corrected chi connectivity index (χ2v) is 9.43. The molecule has 0 N–H and O–H groups in total. The number of anilines is 1. The van der Waals surface area contributed by atoms with Crippen LogP contribution in [-0.2, 0) is 7.05 Å². The Hall–Kier alpha value is -3.02. The molecule has 3 heterocycles. The predicted octanol–water partition coefficient (Wildman–Crippen LogP) is 5.50. The first kappa shape index (κ1) is 25.1. The van der Waals surface area contributed by atoms with Crippen LogP contribution in [0.5, 0.6) is 0 Å². The summed E-state index contributed by atoms with van der Waals surface area (Å²) in [6.45, 7) is 15.0. The summed E-state index contributed by atoms with van der Waals surface area (Å²) in [5.41, 5.74) is 1.49. The summed E-state index contributed by atoms with van der Waals surface area (Å²) in [5, 5.41) is 0.388. The van der Waals surface area contributed by atoms with Gasteiger partial charge in [0, 0.05) is 48.8 Å². The molecule has 0 bridgehead atoms. The number of halogens is 2. The summed E-state index contributed by atoms with van der Waals surface area (Å²) in [5.74, 6) is 0.497. The maximum atomic E-state index is 14.9. The minimum Gasteiger partial charge on any atom is -0.361 e. The van der Waals surface area contributed by atoms with E-state index in [1.807, 2.05) is 0 Å². The Morgan fingerprint density at radius 1 is 1.14 bits per heavy atom. The van der Waals surface area contributed by atoms with Crippen molar-refractivity contribution in [3.05, 3.63) is 68.6 Å². The van der Waals surface area contributed by atoms with Crippen LogP contribution in [0.3, 0.4) is 0 Å². The molecule has 0 radical (unpaired) electrons. The van der Waals surface area contributed by atoms with Gasteiger partial charge in [-0.1, -0.05) is 45.0 Å². The molecule has 3 atom stereocenters. The maximum absolute atomic E-state index is 14.9. The molecule has 2 aromatic heterocycles. The van der Waals surface area contributed by atoms with Gasteiger partial charge in [-0.25, -0.2) is 9.18 Å². The lowest BCUT2D eigenvalue weighted by atomic mass is 9.94. The first-order valence-corrected chi connectivity index (χ1v) is 12.4. The van der Waals surface area contributed by atoms with Crippen molar-refractivity contribution in [3.63, 3.8) is 0 Å². The van der Waals surface area contributed by atoms with Crippen LogP contribution in [0.2, 0.25) is 5.02 Å². The highest BCUT2D eigenvalue weighted by molar-refractivity contribution is 6.30. The van der Waals surface area contributed by atoms with E-state index in [0.717, 1.165) is 19.3 Å². The third kappa shape index (κ3) is 4.63. The molecule has 1 aliphatic heterocycles. The molecule has 0 saturated carbocycles. The lowest BCUT2D eigenvalue weighted by Gasteiger charge is -2.49. The van der Waals surface area contributed by atoms with E-state index in [4.69, 9.17) is 18.2 Å². The molecule has 1 aliphatic rings. The van der Waals surface area contributed by atoms with E-state index in [1.165, 1.54) is 10.6 Å². The SMILES string of the molecule is [C-]#[N+]c1ccc2c(n1)c(N1C[C@@H](CC)N(C(CC)c3ccc(Cl)cc3F)C[C@@H]1CC)nc(=O)n2C. The quantitative estimate of drug-likeness (QED) is 0.421. The molecular formula is C26H30ClFN6O. The Labute approximate surface area is 210 Å². The number of rotatable bonds is 6. The summed E-state index contributed by atoms with van der Waals surface area (Å²) in [6, 6.07) is 8.36. The van der Waals surface area contributed by atoms with E-state index in [0.29, 0.717) is 40.5 Å². The minimum absolute atomic E-state index is 0.0448. The second kappa shape index (κ2) is 10.3. The minimum atomic E-state index is -0.357. The Bertz CT molecular complexity index is 1340. The highest BCUT2D eigenvalue weighted by Gasteiger charge is 2.38. The topological polar surface area (TPSA) is 58.6 Å². The molecule has 1 saturated heterocycles. The van der Waals surface area contributed by atoms with Crippen molar-refractivity contribution in [3.8, 4) is 0 Å². The number of aromatic nitrogens is 3. The summed E-state index contributed by atoms with van der Waals surface area (Å²) in [6.07, 6.45) is 2.42. The lowest BCUT2D eigenvalue weighted by molar-refractivity contribution is 0.0877. The predicted molar refractivity (Wildman–Crippen MR) is 138 cm³/mol. The van der Waals surface area contributed by atoms with Gasteiger partial charge in [0.15, 0.2) is 5.82 Å². The Kier molecular flexibility index (Phi) is 7.39. The first-order chi connectivity index (χ1) is 16.8. The molecule has 1 aromatic carbocycles. The number of piperazine rings is 1. The van der Waals surface area contributed by atoms with Crippen LogP contribution < -0.4 is 10.6 Å². The molecule has 3 aromatic rings. The van der Waals surface area contributed by atoms with E-state index in [2.05, 4.69) is 45.4 Å². The van der Waals surface area contributed by atoms with Crippen LogP contribution in [0.15, 0.2) is 35.1 Å². The van der Waals surface area contributed by atoms with Crippen molar-refractivity contribution in [1.29, 1.82) is 0 Å². The number of aryl methyl sites for hydroxylation is 1. The largest absolute Gasteiger partial charge is 0.361 e. The number of hydrogen-bond acceptors (Lipinski definition) is 5. The fraction of sp³-hybridized carbons (Fsp3) is 0.462. The Morgan fingerprint density at radius 2 is 1.89 bits per heavy atom. The van der Waals surface area contributed by atoms with Gasteiger partial charge in [-0.05, 0) is 43.5 Å². The summed E-state index contributed by atoms with van der Waals surface area (Å²) in [7, 11) is 1.66. The summed E-state index contributed by atoms with van der Waals surface area (Å²) in [4.78, 5) is 29.7. The van der Waals surface area contributed by atoms with Crippen molar-refractivity contribution >= 4 is 34.3 Å². The lowest BCUT2D eigenvalue weighted by Crippen LogP contribution is -2.59. The third-order valence-electron chi connectivity index (χ3n) is 7.10. The van der Waals surface area contributed by atoms with E-state index < -0.39 is 0 Å². The van der Waals surface area contributed by atoms with Crippen molar-refractivity contribution in [2.45, 2.75) is 58.2 Å². The molecule has 1 fully saturated rings. The molecule has 0 spiro atoms. The molecule has 4 rings (SSSR count). The zero-order valence-corrected chi connectivity index (χ0v) is 21.3. The van der Waals surface area contributed by atoms with Gasteiger partial charge in [-0.2, -0.15) is 4.98 Å². The van der Waals surface area contributed by atoms with Gasteiger partial charge in [0.2, 0.25) is 5.52 Å². The zero-order valence-electron chi connectivity index (χ0n) is 20.5. The van der Waals surface area contributed by atoms with Crippen molar-refractivity contribution < 1.29 is 4.39 Å². The molecular weight excluding hydrogens is 467 g/mol. The van der Waals surface area contributed by atoms with Crippen LogP contribution in [-0.4, -0.2) is 44.6 Å². The highest BCUT2D eigenvalue weighted by Crippen LogP contribution is 2.36. The number of pyridine rings is 1. The molecule has 9 heteroatoms. The summed E-state index contributed by atoms with van der Waals surface area (Å²) < 4.78 is 16.4. The van der Waals surface area contributed by atoms with Crippen LogP contribution in [0.25, 0.3) is 15.9 Å². The number of hydrogen-bond donors (Lipinski definition) is 0. The van der Waals surface area contributed by atoms with Gasteiger partial charge in [0.05, 0.1) is 5.52 Å². The van der Waals surface area contributed by atoms with Gasteiger partial charge in [-0.3, -0.25) is 9.47 Å².